The molecule has 1 atom stereocenters. The molecule has 0 radical (unpaired) electrons. The largest absolute Gasteiger partial charge is 0.464 e. The molecule has 1 saturated carbocycles. The van der Waals surface area contributed by atoms with E-state index in [1.54, 1.807) is 6.07 Å². The lowest BCUT2D eigenvalue weighted by molar-refractivity contribution is -0.145. The molecule has 2 N–H and O–H groups in total. The summed E-state index contributed by atoms with van der Waals surface area (Å²) in [6, 6.07) is 20.1. The fraction of sp³-hybridized carbons (Fsp3) is 0.511. The second-order valence-corrected chi connectivity index (χ2v) is 18.8. The molecule has 12 heteroatoms. The van der Waals surface area contributed by atoms with Crippen molar-refractivity contribution in [2.75, 3.05) is 44.6 Å². The number of likely N-dealkylation sites (tertiary alicyclic amines) is 3. The molecule has 4 aromatic rings. The molecule has 11 nitrogen and oxygen atoms in total. The summed E-state index contributed by atoms with van der Waals surface area (Å²) in [5, 5.41) is 13.3. The zero-order valence-corrected chi connectivity index (χ0v) is 34.9. The van der Waals surface area contributed by atoms with Gasteiger partial charge in [0.25, 0.3) is 11.5 Å². The minimum atomic E-state index is -1.52. The van der Waals surface area contributed by atoms with Crippen LogP contribution in [-0.4, -0.2) is 92.6 Å². The number of aromatic nitrogens is 2. The molecule has 0 bridgehead atoms. The van der Waals surface area contributed by atoms with E-state index in [4.69, 9.17) is 11.6 Å². The highest BCUT2D eigenvalue weighted by atomic mass is 35.5. The van der Waals surface area contributed by atoms with Crippen molar-refractivity contribution in [3.8, 4) is 5.69 Å². The van der Waals surface area contributed by atoms with Gasteiger partial charge in [0.1, 0.15) is 11.9 Å². The summed E-state index contributed by atoms with van der Waals surface area (Å²) in [6.45, 7) is 11.2. The molecule has 4 aliphatic heterocycles. The maximum absolute atomic E-state index is 13.1. The van der Waals surface area contributed by atoms with Crippen molar-refractivity contribution in [3.63, 3.8) is 0 Å². The first-order valence-corrected chi connectivity index (χ1v) is 22.1. The average molecular weight is 819 g/mol. The smallest absolute Gasteiger partial charge is 0.421 e. The van der Waals surface area contributed by atoms with Gasteiger partial charge in [-0.15, -0.1) is 0 Å². The van der Waals surface area contributed by atoms with Crippen molar-refractivity contribution >= 4 is 46.1 Å². The number of hydrogen-bond donors (Lipinski definition) is 2. The summed E-state index contributed by atoms with van der Waals surface area (Å²) >= 11 is 6.52. The normalized spacial score (nSPS) is 24.3. The molecule has 1 unspecified atom stereocenters. The lowest BCUT2D eigenvalue weighted by Crippen LogP contribution is -2.52. The number of piperidine rings is 3. The van der Waals surface area contributed by atoms with Crippen molar-refractivity contribution in [2.45, 2.75) is 101 Å². The second kappa shape index (κ2) is 16.1. The Bertz CT molecular complexity index is 2320. The zero-order chi connectivity index (χ0) is 41.0. The Hall–Kier alpha value is -4.58. The van der Waals surface area contributed by atoms with Crippen molar-refractivity contribution in [2.24, 2.45) is 11.8 Å². The summed E-state index contributed by atoms with van der Waals surface area (Å²) in [4.78, 5) is 59.2. The van der Waals surface area contributed by atoms with Gasteiger partial charge >= 0.3 is 6.09 Å². The number of carboxylic acid groups (broad SMARTS) is 1. The number of hydrogen-bond acceptors (Lipinski definition) is 8. The van der Waals surface area contributed by atoms with Gasteiger partial charge in [-0.1, -0.05) is 41.9 Å². The van der Waals surface area contributed by atoms with E-state index in [0.29, 0.717) is 27.1 Å². The quantitative estimate of drug-likeness (QED) is 0.169. The Morgan fingerprint density at radius 3 is 2.00 bits per heavy atom. The molecule has 5 heterocycles. The predicted molar refractivity (Wildman–Crippen MR) is 230 cm³/mol. The van der Waals surface area contributed by atoms with E-state index in [2.05, 4.69) is 68.8 Å². The maximum Gasteiger partial charge on any atom is 0.421 e. The zero-order valence-electron chi connectivity index (χ0n) is 34.2. The molecule has 3 saturated heterocycles. The van der Waals surface area contributed by atoms with E-state index in [-0.39, 0.29) is 23.8 Å². The molecule has 3 aromatic carbocycles. The number of carbonyl (C=O) groups is 3. The number of imide groups is 3. The van der Waals surface area contributed by atoms with E-state index >= 15 is 0 Å². The third-order valence-electron chi connectivity index (χ3n) is 14.3. The highest BCUT2D eigenvalue weighted by molar-refractivity contribution is 6.35. The fourth-order valence-corrected chi connectivity index (χ4v) is 11.2. The van der Waals surface area contributed by atoms with Crippen LogP contribution in [0.4, 0.5) is 10.5 Å². The minimum Gasteiger partial charge on any atom is -0.464 e. The summed E-state index contributed by atoms with van der Waals surface area (Å²) in [5.41, 5.74) is 5.96. The number of benzene rings is 3. The monoisotopic (exact) mass is 818 g/mol. The van der Waals surface area contributed by atoms with E-state index in [1.807, 2.05) is 24.3 Å². The number of anilines is 1. The number of halogens is 1. The van der Waals surface area contributed by atoms with Crippen molar-refractivity contribution in [1.29, 1.82) is 0 Å². The van der Waals surface area contributed by atoms with Crippen LogP contribution < -0.4 is 10.9 Å². The van der Waals surface area contributed by atoms with Gasteiger partial charge in [-0.3, -0.25) is 19.0 Å². The molecule has 3 amide bonds. The van der Waals surface area contributed by atoms with Crippen molar-refractivity contribution in [1.82, 2.24) is 24.3 Å². The molecule has 1 aliphatic carbocycles. The van der Waals surface area contributed by atoms with Crippen LogP contribution in [0.15, 0.2) is 65.5 Å². The predicted octanol–water partition coefficient (Wildman–Crippen LogP) is 8.15. The van der Waals surface area contributed by atoms with Gasteiger partial charge in [-0.2, -0.15) is 9.88 Å². The van der Waals surface area contributed by atoms with Crippen LogP contribution in [-0.2, 0) is 15.0 Å². The third-order valence-corrected chi connectivity index (χ3v) is 14.7. The maximum atomic E-state index is 13.1. The molecule has 5 aliphatic rings. The van der Waals surface area contributed by atoms with Crippen molar-refractivity contribution < 1.29 is 19.5 Å². The van der Waals surface area contributed by atoms with E-state index in [0.717, 1.165) is 86.4 Å². The van der Waals surface area contributed by atoms with E-state index in [1.165, 1.54) is 55.5 Å². The Morgan fingerprint density at radius 2 is 1.39 bits per heavy atom. The summed E-state index contributed by atoms with van der Waals surface area (Å²) < 4.78 is 2.17. The Labute approximate surface area is 350 Å². The molecule has 0 spiro atoms. The van der Waals surface area contributed by atoms with Gasteiger partial charge in [0, 0.05) is 25.2 Å². The third kappa shape index (κ3) is 7.70. The summed E-state index contributed by atoms with van der Waals surface area (Å²) in [6.07, 6.45) is 8.69. The molecular weight excluding hydrogens is 764 g/mol. The molecule has 1 aromatic heterocycles. The standard InChI is InChI=1S/C47H55ClN6O5/c1-47(2)36-15-12-34(26-40(36)53-39-5-3-4-37(48)42(39)43(56)50-45(47)53)33-20-24-52(25-21-33)28-30-8-6-29(7-9-30)27-51-22-18-32(19-23-51)31-10-13-35(14-11-31)49-38-16-17-41(55)54(44(38)57)46(58)59/h3-5,10-15,26,29-30,32-33,38,49H,6-9,16-25,27-28H2,1-2H3,(H,58,59). The average Bonchev–Trinajstić information content (AvgIpc) is 3.45. The number of amides is 3. The van der Waals surface area contributed by atoms with Gasteiger partial charge < -0.3 is 20.2 Å². The van der Waals surface area contributed by atoms with E-state index in [9.17, 15) is 24.3 Å². The Balaban J connectivity index is 0.719. The number of rotatable bonds is 8. The van der Waals surface area contributed by atoms with Gasteiger partial charge in [0.05, 0.1) is 27.0 Å². The summed E-state index contributed by atoms with van der Waals surface area (Å²) in [7, 11) is 0. The number of nitrogens with one attached hydrogen (secondary N) is 1. The highest BCUT2D eigenvalue weighted by Gasteiger charge is 2.40. The first-order valence-electron chi connectivity index (χ1n) is 21.7. The van der Waals surface area contributed by atoms with Crippen LogP contribution in [0, 0.1) is 11.8 Å². The van der Waals surface area contributed by atoms with Gasteiger partial charge in [0.15, 0.2) is 0 Å². The SMILES string of the molecule is CC1(C)c2ccc(C3CCN(CC4CCC(CN5CCC(c6ccc(NC7CCC(=O)N(C(=O)O)C7=O)cc6)CC5)CC4)CC3)cc2-n2c1nc(=O)c1c(Cl)cccc12. The first-order chi connectivity index (χ1) is 28.4. The molecule has 9 rings (SSSR count). The first kappa shape index (κ1) is 39.9. The Kier molecular flexibility index (Phi) is 10.9. The van der Waals surface area contributed by atoms with Crippen LogP contribution in [0.3, 0.4) is 0 Å². The van der Waals surface area contributed by atoms with Crippen LogP contribution in [0.2, 0.25) is 5.02 Å². The minimum absolute atomic E-state index is 0.0296. The van der Waals surface area contributed by atoms with E-state index < -0.39 is 23.9 Å². The topological polar surface area (TPSA) is 128 Å². The second-order valence-electron chi connectivity index (χ2n) is 18.4. The van der Waals surface area contributed by atoms with Crippen LogP contribution >= 0.6 is 11.6 Å². The van der Waals surface area contributed by atoms with Crippen LogP contribution in [0.25, 0.3) is 16.6 Å². The number of fused-ring (bicyclic) bond motifs is 5. The molecule has 4 fully saturated rings. The molecular formula is C47H55ClN6O5. The van der Waals surface area contributed by atoms with Gasteiger partial charge in [-0.05, 0) is 169 Å². The van der Waals surface area contributed by atoms with Crippen LogP contribution in [0.1, 0.15) is 112 Å². The van der Waals surface area contributed by atoms with Crippen molar-refractivity contribution in [3.05, 3.63) is 98.6 Å². The lowest BCUT2D eigenvalue weighted by atomic mass is 9.80. The summed E-state index contributed by atoms with van der Waals surface area (Å²) in [5.74, 6) is 2.00. The van der Waals surface area contributed by atoms with Crippen LogP contribution in [0.5, 0.6) is 0 Å². The number of nitrogens with zero attached hydrogens (tertiary/aromatic N) is 5. The molecule has 310 valence electrons. The van der Waals surface area contributed by atoms with Gasteiger partial charge in [-0.25, -0.2) is 4.79 Å². The molecule has 59 heavy (non-hydrogen) atoms. The van der Waals surface area contributed by atoms with Gasteiger partial charge in [0.2, 0.25) is 5.91 Å². The Morgan fingerprint density at radius 1 is 0.797 bits per heavy atom. The highest BCUT2D eigenvalue weighted by Crippen LogP contribution is 2.45. The fourth-order valence-electron chi connectivity index (χ4n) is 10.9. The lowest BCUT2D eigenvalue weighted by Gasteiger charge is -2.39. The number of carbonyl (C=O) groups excluding carboxylic acids is 2.